The summed E-state index contributed by atoms with van der Waals surface area (Å²) in [6.07, 6.45) is 2.50. The van der Waals surface area contributed by atoms with E-state index in [9.17, 15) is 4.39 Å². The monoisotopic (exact) mass is 279 g/mol. The van der Waals surface area contributed by atoms with Crippen molar-refractivity contribution in [2.24, 2.45) is 5.92 Å². The number of nitrogens with one attached hydrogen (secondary N) is 1. The first-order chi connectivity index (χ1) is 9.11. The molecule has 0 saturated carbocycles. The molecule has 1 N–H and O–H groups in total. The number of aromatic nitrogens is 2. The fourth-order valence-electron chi connectivity index (χ4n) is 1.87. The van der Waals surface area contributed by atoms with E-state index in [0.717, 1.165) is 23.5 Å². The largest absolute Gasteiger partial charge is 0.315 e. The van der Waals surface area contributed by atoms with Crippen molar-refractivity contribution in [3.63, 3.8) is 0 Å². The molecule has 5 heteroatoms. The standard InChI is InChI=1S/C14H18FN3S/c1-9(2)7-11-12(8-16-3)19-14(18-11)13-10(15)5-4-6-17-13/h4-6,9,16H,7-8H2,1-3H3. The predicted molar refractivity (Wildman–Crippen MR) is 76.6 cm³/mol. The van der Waals surface area contributed by atoms with Crippen LogP contribution in [0.1, 0.15) is 24.4 Å². The summed E-state index contributed by atoms with van der Waals surface area (Å²) in [5, 5.41) is 3.80. The Balaban J connectivity index is 2.39. The van der Waals surface area contributed by atoms with Crippen molar-refractivity contribution in [3.05, 3.63) is 34.7 Å². The lowest BCUT2D eigenvalue weighted by Gasteiger charge is -2.03. The van der Waals surface area contributed by atoms with Gasteiger partial charge in [-0.2, -0.15) is 0 Å². The van der Waals surface area contributed by atoms with Crippen LogP contribution in [-0.4, -0.2) is 17.0 Å². The van der Waals surface area contributed by atoms with Gasteiger partial charge in [-0.1, -0.05) is 13.8 Å². The number of hydrogen-bond acceptors (Lipinski definition) is 4. The van der Waals surface area contributed by atoms with E-state index in [1.807, 2.05) is 7.05 Å². The third-order valence-electron chi connectivity index (χ3n) is 2.68. The lowest BCUT2D eigenvalue weighted by atomic mass is 10.1. The second kappa shape index (κ2) is 6.21. The van der Waals surface area contributed by atoms with Crippen LogP contribution in [0.25, 0.3) is 10.7 Å². The van der Waals surface area contributed by atoms with Gasteiger partial charge in [0.05, 0.1) is 5.69 Å². The second-order valence-electron chi connectivity index (χ2n) is 4.85. The van der Waals surface area contributed by atoms with Crippen molar-refractivity contribution in [1.82, 2.24) is 15.3 Å². The van der Waals surface area contributed by atoms with Crippen molar-refractivity contribution in [1.29, 1.82) is 0 Å². The average molecular weight is 279 g/mol. The minimum absolute atomic E-state index is 0.316. The predicted octanol–water partition coefficient (Wildman–Crippen LogP) is 3.26. The molecule has 2 aromatic heterocycles. The molecule has 0 saturated heterocycles. The van der Waals surface area contributed by atoms with Crippen LogP contribution in [0, 0.1) is 11.7 Å². The highest BCUT2D eigenvalue weighted by atomic mass is 32.1. The van der Waals surface area contributed by atoms with Crippen molar-refractivity contribution >= 4 is 11.3 Å². The molecule has 102 valence electrons. The van der Waals surface area contributed by atoms with E-state index < -0.39 is 0 Å². The number of hydrogen-bond donors (Lipinski definition) is 1. The van der Waals surface area contributed by atoms with E-state index in [0.29, 0.717) is 16.6 Å². The van der Waals surface area contributed by atoms with Gasteiger partial charge in [0, 0.05) is 17.6 Å². The Morgan fingerprint density at radius 3 is 2.84 bits per heavy atom. The Bertz CT molecular complexity index is 551. The molecule has 3 nitrogen and oxygen atoms in total. The normalized spacial score (nSPS) is 11.2. The van der Waals surface area contributed by atoms with Gasteiger partial charge in [-0.15, -0.1) is 11.3 Å². The number of thiazole rings is 1. The van der Waals surface area contributed by atoms with Gasteiger partial charge >= 0.3 is 0 Å². The maximum atomic E-state index is 13.8. The average Bonchev–Trinajstić information content (AvgIpc) is 2.72. The molecule has 2 rings (SSSR count). The SMILES string of the molecule is CNCc1sc(-c2ncccc2F)nc1CC(C)C. The number of nitrogens with zero attached hydrogens (tertiary/aromatic N) is 2. The lowest BCUT2D eigenvalue weighted by Crippen LogP contribution is -2.07. The van der Waals surface area contributed by atoms with E-state index in [1.165, 1.54) is 17.4 Å². The Hall–Kier alpha value is -1.33. The second-order valence-corrected chi connectivity index (χ2v) is 5.93. The summed E-state index contributed by atoms with van der Waals surface area (Å²) >= 11 is 1.52. The Labute approximate surface area is 116 Å². The van der Waals surface area contributed by atoms with Crippen LogP contribution in [0.5, 0.6) is 0 Å². The van der Waals surface area contributed by atoms with Gasteiger partial charge in [0.1, 0.15) is 10.7 Å². The Morgan fingerprint density at radius 1 is 1.42 bits per heavy atom. The fourth-order valence-corrected chi connectivity index (χ4v) is 2.97. The van der Waals surface area contributed by atoms with E-state index in [2.05, 4.69) is 29.1 Å². The summed E-state index contributed by atoms with van der Waals surface area (Å²) in [6.45, 7) is 5.07. The van der Waals surface area contributed by atoms with E-state index in [4.69, 9.17) is 0 Å². The lowest BCUT2D eigenvalue weighted by molar-refractivity contribution is 0.623. The fraction of sp³-hybridized carbons (Fsp3) is 0.429. The first-order valence-corrected chi connectivity index (χ1v) is 7.17. The van der Waals surface area contributed by atoms with Gasteiger partial charge < -0.3 is 5.32 Å². The van der Waals surface area contributed by atoms with E-state index >= 15 is 0 Å². The third kappa shape index (κ3) is 3.36. The summed E-state index contributed by atoms with van der Waals surface area (Å²) < 4.78 is 13.8. The summed E-state index contributed by atoms with van der Waals surface area (Å²) in [6, 6.07) is 3.01. The molecule has 0 aliphatic rings. The maximum absolute atomic E-state index is 13.8. The highest BCUT2D eigenvalue weighted by Gasteiger charge is 2.16. The van der Waals surface area contributed by atoms with Gasteiger partial charge in [-0.3, -0.25) is 4.98 Å². The molecule has 0 fully saturated rings. The highest BCUT2D eigenvalue weighted by Crippen LogP contribution is 2.29. The molecule has 0 spiro atoms. The molecule has 2 aromatic rings. The first-order valence-electron chi connectivity index (χ1n) is 6.36. The van der Waals surface area contributed by atoms with Crippen LogP contribution in [0.15, 0.2) is 18.3 Å². The van der Waals surface area contributed by atoms with Gasteiger partial charge in [0.15, 0.2) is 5.82 Å². The molecular weight excluding hydrogens is 261 g/mol. The van der Waals surface area contributed by atoms with Gasteiger partial charge in [-0.05, 0) is 31.5 Å². The maximum Gasteiger partial charge on any atom is 0.151 e. The summed E-state index contributed by atoms with van der Waals surface area (Å²) in [5.41, 5.74) is 1.40. The van der Waals surface area contributed by atoms with Crippen LogP contribution >= 0.6 is 11.3 Å². The quantitative estimate of drug-likeness (QED) is 0.913. The molecule has 0 aliphatic heterocycles. The molecule has 0 aromatic carbocycles. The van der Waals surface area contributed by atoms with Crippen LogP contribution in [-0.2, 0) is 13.0 Å². The molecular formula is C14H18FN3S. The Morgan fingerprint density at radius 2 is 2.21 bits per heavy atom. The van der Waals surface area contributed by atoms with Crippen molar-refractivity contribution in [2.75, 3.05) is 7.05 Å². The van der Waals surface area contributed by atoms with E-state index in [-0.39, 0.29) is 5.82 Å². The van der Waals surface area contributed by atoms with Gasteiger partial charge in [0.25, 0.3) is 0 Å². The summed E-state index contributed by atoms with van der Waals surface area (Å²) in [5.74, 6) is 0.211. The Kier molecular flexibility index (Phi) is 4.61. The molecule has 0 bridgehead atoms. The van der Waals surface area contributed by atoms with Crippen LogP contribution < -0.4 is 5.32 Å². The zero-order valence-corrected chi connectivity index (χ0v) is 12.2. The molecule has 0 unspecified atom stereocenters. The third-order valence-corrected chi connectivity index (χ3v) is 3.78. The first kappa shape index (κ1) is 14.1. The molecule has 19 heavy (non-hydrogen) atoms. The minimum atomic E-state index is -0.316. The number of halogens is 1. The van der Waals surface area contributed by atoms with Crippen LogP contribution in [0.2, 0.25) is 0 Å². The van der Waals surface area contributed by atoms with Crippen molar-refractivity contribution in [2.45, 2.75) is 26.8 Å². The van der Waals surface area contributed by atoms with Gasteiger partial charge in [-0.25, -0.2) is 9.37 Å². The zero-order chi connectivity index (χ0) is 13.8. The number of pyridine rings is 1. The molecule has 2 heterocycles. The summed E-state index contributed by atoms with van der Waals surface area (Å²) in [4.78, 5) is 9.83. The van der Waals surface area contributed by atoms with Crippen LogP contribution in [0.3, 0.4) is 0 Å². The van der Waals surface area contributed by atoms with Gasteiger partial charge in [0.2, 0.25) is 0 Å². The zero-order valence-electron chi connectivity index (χ0n) is 11.4. The molecule has 0 radical (unpaired) electrons. The minimum Gasteiger partial charge on any atom is -0.315 e. The number of rotatable bonds is 5. The molecule has 0 atom stereocenters. The smallest absolute Gasteiger partial charge is 0.151 e. The molecule has 0 amide bonds. The topological polar surface area (TPSA) is 37.8 Å². The van der Waals surface area contributed by atoms with Crippen molar-refractivity contribution in [3.8, 4) is 10.7 Å². The molecule has 0 aliphatic carbocycles. The van der Waals surface area contributed by atoms with E-state index in [1.54, 1.807) is 12.3 Å². The summed E-state index contributed by atoms with van der Waals surface area (Å²) in [7, 11) is 1.90. The van der Waals surface area contributed by atoms with Crippen molar-refractivity contribution < 1.29 is 4.39 Å². The van der Waals surface area contributed by atoms with Crippen LogP contribution in [0.4, 0.5) is 4.39 Å². The highest BCUT2D eigenvalue weighted by molar-refractivity contribution is 7.15.